The second kappa shape index (κ2) is 8.70. The van der Waals surface area contributed by atoms with Crippen LogP contribution in [0.25, 0.3) is 11.0 Å². The quantitative estimate of drug-likeness (QED) is 0.682. The normalized spacial score (nSPS) is 27.0. The van der Waals surface area contributed by atoms with E-state index in [1.54, 1.807) is 12.3 Å². The first kappa shape index (κ1) is 21.2. The number of furan rings is 1. The van der Waals surface area contributed by atoms with E-state index in [4.69, 9.17) is 14.4 Å². The van der Waals surface area contributed by atoms with Crippen molar-refractivity contribution >= 4 is 32.7 Å². The van der Waals surface area contributed by atoms with E-state index >= 15 is 0 Å². The first-order valence-corrected chi connectivity index (χ1v) is 12.2. The van der Waals surface area contributed by atoms with Crippen LogP contribution in [0.3, 0.4) is 0 Å². The Labute approximate surface area is 191 Å². The summed E-state index contributed by atoms with van der Waals surface area (Å²) in [6.07, 6.45) is 7.64. The predicted molar refractivity (Wildman–Crippen MR) is 123 cm³/mol. The molecule has 1 aliphatic carbocycles. The minimum Gasteiger partial charge on any atom is -0.444 e. The molecule has 7 nitrogen and oxygen atoms in total. The van der Waals surface area contributed by atoms with E-state index in [0.717, 1.165) is 41.7 Å². The number of anilines is 1. The molecule has 2 aromatic rings. The van der Waals surface area contributed by atoms with Crippen LogP contribution in [-0.4, -0.2) is 71.8 Å². The fraction of sp³-hybridized carbons (Fsp3) is 0.652. The Morgan fingerprint density at radius 2 is 1.97 bits per heavy atom. The van der Waals surface area contributed by atoms with Crippen LogP contribution in [0.1, 0.15) is 44.8 Å². The molecule has 0 aromatic carbocycles. The van der Waals surface area contributed by atoms with Gasteiger partial charge in [0.15, 0.2) is 5.58 Å². The minimum absolute atomic E-state index is 0.310. The van der Waals surface area contributed by atoms with Gasteiger partial charge < -0.3 is 14.5 Å². The van der Waals surface area contributed by atoms with Crippen LogP contribution in [0.4, 0.5) is 5.82 Å². The SMILES string of the molecule is CCC1(N2CCN(C3CCC(Nc4ncc5oc(C#N)cc5c4Br)CC3)CC2)COC1. The number of hydrogen-bond acceptors (Lipinski definition) is 7. The fourth-order valence-corrected chi connectivity index (χ4v) is 5.95. The predicted octanol–water partition coefficient (Wildman–Crippen LogP) is 3.98. The Balaban J connectivity index is 1.14. The Bertz CT molecular complexity index is 961. The van der Waals surface area contributed by atoms with Gasteiger partial charge >= 0.3 is 0 Å². The lowest BCUT2D eigenvalue weighted by Gasteiger charge is -2.53. The zero-order valence-corrected chi connectivity index (χ0v) is 19.7. The molecule has 4 heterocycles. The van der Waals surface area contributed by atoms with Gasteiger partial charge in [0.2, 0.25) is 5.76 Å². The second-order valence-corrected chi connectivity index (χ2v) is 9.96. The van der Waals surface area contributed by atoms with E-state index in [2.05, 4.69) is 49.0 Å². The van der Waals surface area contributed by atoms with Crippen LogP contribution >= 0.6 is 15.9 Å². The minimum atomic E-state index is 0.310. The third-order valence-corrected chi connectivity index (χ3v) is 8.37. The molecule has 166 valence electrons. The van der Waals surface area contributed by atoms with Crippen LogP contribution in [-0.2, 0) is 4.74 Å². The lowest BCUT2D eigenvalue weighted by Crippen LogP contribution is -2.66. The van der Waals surface area contributed by atoms with E-state index in [1.165, 1.54) is 45.4 Å². The third kappa shape index (κ3) is 3.97. The van der Waals surface area contributed by atoms with Crippen molar-refractivity contribution in [1.29, 1.82) is 5.26 Å². The molecule has 31 heavy (non-hydrogen) atoms. The molecule has 2 aromatic heterocycles. The first-order chi connectivity index (χ1) is 15.1. The van der Waals surface area contributed by atoms with E-state index in [1.807, 2.05) is 0 Å². The lowest BCUT2D eigenvalue weighted by molar-refractivity contribution is -0.153. The summed E-state index contributed by atoms with van der Waals surface area (Å²) >= 11 is 3.65. The van der Waals surface area contributed by atoms with Crippen molar-refractivity contribution < 1.29 is 9.15 Å². The fourth-order valence-electron chi connectivity index (χ4n) is 5.42. The summed E-state index contributed by atoms with van der Waals surface area (Å²) < 4.78 is 11.9. The molecule has 2 aliphatic heterocycles. The topological polar surface area (TPSA) is 77.6 Å². The Morgan fingerprint density at radius 1 is 1.23 bits per heavy atom. The third-order valence-electron chi connectivity index (χ3n) is 7.56. The number of nitriles is 1. The smallest absolute Gasteiger partial charge is 0.204 e. The molecule has 3 fully saturated rings. The maximum Gasteiger partial charge on any atom is 0.204 e. The van der Waals surface area contributed by atoms with Crippen LogP contribution in [0.2, 0.25) is 0 Å². The van der Waals surface area contributed by atoms with Gasteiger partial charge in [0.05, 0.1) is 29.4 Å². The highest BCUT2D eigenvalue weighted by atomic mass is 79.9. The number of nitrogens with zero attached hydrogens (tertiary/aromatic N) is 4. The molecule has 8 heteroatoms. The highest BCUT2D eigenvalue weighted by Crippen LogP contribution is 2.34. The van der Waals surface area contributed by atoms with Crippen molar-refractivity contribution in [3.05, 3.63) is 22.5 Å². The van der Waals surface area contributed by atoms with Crippen LogP contribution in [0.15, 0.2) is 21.2 Å². The summed E-state index contributed by atoms with van der Waals surface area (Å²) in [6, 6.07) is 4.94. The molecule has 0 amide bonds. The standard InChI is InChI=1S/C23H30BrN5O2/c1-2-23(14-30-15-23)29-9-7-28(8-10-29)17-5-3-16(4-6-17)27-22-21(24)19-11-18(12-25)31-20(19)13-26-22/h11,13,16-17H,2-10,14-15H2,1H3,(H,26,27). The van der Waals surface area contributed by atoms with E-state index < -0.39 is 0 Å². The Morgan fingerprint density at radius 3 is 2.58 bits per heavy atom. The highest BCUT2D eigenvalue weighted by Gasteiger charge is 2.43. The van der Waals surface area contributed by atoms with Crippen molar-refractivity contribution in [1.82, 2.24) is 14.8 Å². The van der Waals surface area contributed by atoms with E-state index in [-0.39, 0.29) is 0 Å². The molecule has 0 atom stereocenters. The largest absolute Gasteiger partial charge is 0.444 e. The van der Waals surface area contributed by atoms with Crippen molar-refractivity contribution in [2.75, 3.05) is 44.7 Å². The number of fused-ring (bicyclic) bond motifs is 1. The molecule has 1 N–H and O–H groups in total. The monoisotopic (exact) mass is 487 g/mol. The molecule has 5 rings (SSSR count). The average molecular weight is 488 g/mol. The molecule has 2 saturated heterocycles. The number of ether oxygens (including phenoxy) is 1. The maximum atomic E-state index is 9.07. The van der Waals surface area contributed by atoms with Crippen molar-refractivity contribution in [2.45, 2.75) is 56.7 Å². The first-order valence-electron chi connectivity index (χ1n) is 11.4. The molecule has 3 aliphatic rings. The lowest BCUT2D eigenvalue weighted by atomic mass is 9.88. The number of piperazine rings is 1. The molecule has 0 bridgehead atoms. The molecule has 0 unspecified atom stereocenters. The molecule has 0 spiro atoms. The van der Waals surface area contributed by atoms with Gasteiger partial charge in [-0.1, -0.05) is 6.92 Å². The summed E-state index contributed by atoms with van der Waals surface area (Å²) in [6.45, 7) is 8.80. The number of hydrogen-bond donors (Lipinski definition) is 1. The van der Waals surface area contributed by atoms with Gasteiger partial charge in [-0.2, -0.15) is 5.26 Å². The van der Waals surface area contributed by atoms with Crippen molar-refractivity contribution in [3.63, 3.8) is 0 Å². The van der Waals surface area contributed by atoms with E-state index in [9.17, 15) is 0 Å². The molecule has 1 saturated carbocycles. The average Bonchev–Trinajstić information content (AvgIpc) is 3.21. The molecular weight excluding hydrogens is 458 g/mol. The van der Waals surface area contributed by atoms with E-state index in [0.29, 0.717) is 29.0 Å². The second-order valence-electron chi connectivity index (χ2n) is 9.16. The number of aromatic nitrogens is 1. The highest BCUT2D eigenvalue weighted by molar-refractivity contribution is 9.10. The molecule has 0 radical (unpaired) electrons. The van der Waals surface area contributed by atoms with Crippen molar-refractivity contribution in [3.8, 4) is 6.07 Å². The van der Waals surface area contributed by atoms with Gasteiger partial charge in [-0.15, -0.1) is 0 Å². The summed E-state index contributed by atoms with van der Waals surface area (Å²) in [5.41, 5.74) is 0.952. The summed E-state index contributed by atoms with van der Waals surface area (Å²) in [5, 5.41) is 13.6. The van der Waals surface area contributed by atoms with Gasteiger partial charge in [-0.3, -0.25) is 9.80 Å². The van der Waals surface area contributed by atoms with Gasteiger partial charge in [0.25, 0.3) is 0 Å². The van der Waals surface area contributed by atoms with Gasteiger partial charge in [0, 0.05) is 49.7 Å². The zero-order chi connectivity index (χ0) is 21.4. The Kier molecular flexibility index (Phi) is 5.95. The van der Waals surface area contributed by atoms with Crippen LogP contribution in [0, 0.1) is 11.3 Å². The maximum absolute atomic E-state index is 9.07. The van der Waals surface area contributed by atoms with Crippen LogP contribution < -0.4 is 5.32 Å². The summed E-state index contributed by atoms with van der Waals surface area (Å²) in [4.78, 5) is 9.91. The number of halogens is 1. The number of nitrogens with one attached hydrogen (secondary N) is 1. The summed E-state index contributed by atoms with van der Waals surface area (Å²) in [5.74, 6) is 1.15. The van der Waals surface area contributed by atoms with Crippen molar-refractivity contribution in [2.24, 2.45) is 0 Å². The zero-order valence-electron chi connectivity index (χ0n) is 18.1. The number of pyridine rings is 1. The molecular formula is C23H30BrN5O2. The summed E-state index contributed by atoms with van der Waals surface area (Å²) in [7, 11) is 0. The number of rotatable bonds is 5. The Hall–Kier alpha value is -1.66. The van der Waals surface area contributed by atoms with Gasteiger partial charge in [0.1, 0.15) is 11.9 Å². The van der Waals surface area contributed by atoms with Crippen LogP contribution in [0.5, 0.6) is 0 Å². The van der Waals surface area contributed by atoms with Gasteiger partial charge in [-0.05, 0) is 48.0 Å². The van der Waals surface area contributed by atoms with Gasteiger partial charge in [-0.25, -0.2) is 4.98 Å².